The maximum atomic E-state index is 10.6. The number of carbonyl (C=O) groups excluding carboxylic acids is 1. The third-order valence-corrected chi connectivity index (χ3v) is 2.01. The second-order valence-corrected chi connectivity index (χ2v) is 3.18. The molecule has 0 bridgehead atoms. The average Bonchev–Trinajstić information content (AvgIpc) is 2.09. The molecule has 0 heterocycles. The highest BCUT2D eigenvalue weighted by atomic mass is 16.1. The lowest BCUT2D eigenvalue weighted by Crippen LogP contribution is -2.34. The average molecular weight is 187 g/mol. The van der Waals surface area contributed by atoms with Crippen molar-refractivity contribution in [2.24, 2.45) is 11.5 Å². The van der Waals surface area contributed by atoms with Crippen molar-refractivity contribution >= 4 is 5.91 Å². The molecular weight excluding hydrogens is 166 g/mol. The van der Waals surface area contributed by atoms with Crippen molar-refractivity contribution in [1.82, 2.24) is 4.90 Å². The molecule has 0 aliphatic rings. The van der Waals surface area contributed by atoms with Gasteiger partial charge in [0, 0.05) is 0 Å². The zero-order valence-corrected chi connectivity index (χ0v) is 8.46. The first-order chi connectivity index (χ1) is 6.20. The Labute approximate surface area is 80.3 Å². The summed E-state index contributed by atoms with van der Waals surface area (Å²) in [4.78, 5) is 12.7. The van der Waals surface area contributed by atoms with Gasteiger partial charge in [-0.3, -0.25) is 9.69 Å². The molecule has 4 heteroatoms. The van der Waals surface area contributed by atoms with Crippen LogP contribution in [0.5, 0.6) is 0 Å². The van der Waals surface area contributed by atoms with Crippen LogP contribution in [-0.4, -0.2) is 37.0 Å². The van der Waals surface area contributed by atoms with Crippen LogP contribution in [0, 0.1) is 0 Å². The van der Waals surface area contributed by atoms with Crippen molar-refractivity contribution < 1.29 is 4.79 Å². The van der Waals surface area contributed by atoms with Crippen molar-refractivity contribution in [3.05, 3.63) is 0 Å². The number of carbonyl (C=O) groups is 1. The number of primary amides is 1. The molecule has 0 radical (unpaired) electrons. The Bertz CT molecular complexity index is 139. The molecule has 0 aromatic carbocycles. The molecule has 0 saturated carbocycles. The summed E-state index contributed by atoms with van der Waals surface area (Å²) in [6, 6.07) is 0. The minimum Gasteiger partial charge on any atom is -0.369 e. The van der Waals surface area contributed by atoms with E-state index in [0.717, 1.165) is 38.9 Å². The predicted octanol–water partition coefficient (Wildman–Crippen LogP) is -0.0774. The van der Waals surface area contributed by atoms with Gasteiger partial charge in [-0.25, -0.2) is 0 Å². The summed E-state index contributed by atoms with van der Waals surface area (Å²) in [5.41, 5.74) is 10.5. The van der Waals surface area contributed by atoms with E-state index in [4.69, 9.17) is 11.5 Å². The SMILES string of the molecule is CCN(CCCCCN)CC(N)=O. The van der Waals surface area contributed by atoms with Gasteiger partial charge in [-0.15, -0.1) is 0 Å². The number of likely N-dealkylation sites (N-methyl/N-ethyl adjacent to an activating group) is 1. The van der Waals surface area contributed by atoms with Crippen molar-refractivity contribution in [2.75, 3.05) is 26.2 Å². The molecule has 0 aliphatic heterocycles. The molecule has 0 unspecified atom stereocenters. The molecule has 0 rings (SSSR count). The summed E-state index contributed by atoms with van der Waals surface area (Å²) >= 11 is 0. The monoisotopic (exact) mass is 187 g/mol. The minimum atomic E-state index is -0.249. The summed E-state index contributed by atoms with van der Waals surface area (Å²) < 4.78 is 0. The molecule has 0 spiro atoms. The van der Waals surface area contributed by atoms with Crippen molar-refractivity contribution in [3.8, 4) is 0 Å². The van der Waals surface area contributed by atoms with Gasteiger partial charge in [-0.05, 0) is 32.5 Å². The third kappa shape index (κ3) is 7.74. The fourth-order valence-electron chi connectivity index (χ4n) is 1.23. The largest absolute Gasteiger partial charge is 0.369 e. The highest BCUT2D eigenvalue weighted by Crippen LogP contribution is 1.97. The van der Waals surface area contributed by atoms with Gasteiger partial charge < -0.3 is 11.5 Å². The van der Waals surface area contributed by atoms with E-state index in [-0.39, 0.29) is 5.91 Å². The van der Waals surface area contributed by atoms with E-state index in [1.807, 2.05) is 6.92 Å². The summed E-state index contributed by atoms with van der Waals surface area (Å²) in [5, 5.41) is 0. The molecule has 1 amide bonds. The van der Waals surface area contributed by atoms with E-state index in [1.165, 1.54) is 0 Å². The van der Waals surface area contributed by atoms with Crippen LogP contribution in [0.4, 0.5) is 0 Å². The first-order valence-corrected chi connectivity index (χ1v) is 4.91. The molecule has 4 N–H and O–H groups in total. The number of nitrogens with zero attached hydrogens (tertiary/aromatic N) is 1. The van der Waals surface area contributed by atoms with E-state index in [0.29, 0.717) is 6.54 Å². The first kappa shape index (κ1) is 12.4. The fourth-order valence-corrected chi connectivity index (χ4v) is 1.23. The Kier molecular flexibility index (Phi) is 7.63. The van der Waals surface area contributed by atoms with Crippen molar-refractivity contribution in [1.29, 1.82) is 0 Å². The molecule has 78 valence electrons. The Morgan fingerprint density at radius 1 is 1.31 bits per heavy atom. The fraction of sp³-hybridized carbons (Fsp3) is 0.889. The Morgan fingerprint density at radius 2 is 2.00 bits per heavy atom. The van der Waals surface area contributed by atoms with E-state index in [9.17, 15) is 4.79 Å². The molecule has 13 heavy (non-hydrogen) atoms. The summed E-state index contributed by atoms with van der Waals surface area (Å²) in [5.74, 6) is -0.249. The Balaban J connectivity index is 3.42. The van der Waals surface area contributed by atoms with E-state index in [2.05, 4.69) is 4.90 Å². The zero-order valence-electron chi connectivity index (χ0n) is 8.46. The molecule has 0 atom stereocenters. The van der Waals surface area contributed by atoms with E-state index < -0.39 is 0 Å². The summed E-state index contributed by atoms with van der Waals surface area (Å²) in [6.45, 7) is 4.98. The van der Waals surface area contributed by atoms with Crippen LogP contribution >= 0.6 is 0 Å². The van der Waals surface area contributed by atoms with Gasteiger partial charge in [0.15, 0.2) is 0 Å². The summed E-state index contributed by atoms with van der Waals surface area (Å²) in [7, 11) is 0. The lowest BCUT2D eigenvalue weighted by Gasteiger charge is -2.17. The van der Waals surface area contributed by atoms with Crippen LogP contribution in [0.3, 0.4) is 0 Å². The lowest BCUT2D eigenvalue weighted by atomic mass is 10.2. The molecule has 4 nitrogen and oxygen atoms in total. The Morgan fingerprint density at radius 3 is 2.46 bits per heavy atom. The predicted molar refractivity (Wildman–Crippen MR) is 54.2 cm³/mol. The molecule has 0 fully saturated rings. The first-order valence-electron chi connectivity index (χ1n) is 4.91. The molecule has 0 aliphatic carbocycles. The highest BCUT2D eigenvalue weighted by molar-refractivity contribution is 5.75. The topological polar surface area (TPSA) is 72.3 Å². The Hall–Kier alpha value is -0.610. The zero-order chi connectivity index (χ0) is 10.1. The van der Waals surface area contributed by atoms with E-state index in [1.54, 1.807) is 0 Å². The van der Waals surface area contributed by atoms with Gasteiger partial charge in [-0.2, -0.15) is 0 Å². The smallest absolute Gasteiger partial charge is 0.231 e. The van der Waals surface area contributed by atoms with Crippen molar-refractivity contribution in [2.45, 2.75) is 26.2 Å². The number of unbranched alkanes of at least 4 members (excludes halogenated alkanes) is 2. The normalized spacial score (nSPS) is 10.7. The van der Waals surface area contributed by atoms with E-state index >= 15 is 0 Å². The molecule has 0 saturated heterocycles. The van der Waals surface area contributed by atoms with Crippen LogP contribution in [0.15, 0.2) is 0 Å². The molecule has 0 aromatic heterocycles. The minimum absolute atomic E-state index is 0.249. The van der Waals surface area contributed by atoms with Crippen LogP contribution in [0.25, 0.3) is 0 Å². The standard InChI is InChI=1S/C9H21N3O/c1-2-12(8-9(11)13)7-5-3-4-6-10/h2-8,10H2,1H3,(H2,11,13). The van der Waals surface area contributed by atoms with Gasteiger partial charge in [0.2, 0.25) is 5.91 Å². The van der Waals surface area contributed by atoms with Gasteiger partial charge in [0.25, 0.3) is 0 Å². The number of hydrogen-bond donors (Lipinski definition) is 2. The highest BCUT2D eigenvalue weighted by Gasteiger charge is 2.04. The van der Waals surface area contributed by atoms with Gasteiger partial charge in [0.05, 0.1) is 6.54 Å². The maximum Gasteiger partial charge on any atom is 0.231 e. The number of rotatable bonds is 8. The van der Waals surface area contributed by atoms with Crippen LogP contribution < -0.4 is 11.5 Å². The van der Waals surface area contributed by atoms with Gasteiger partial charge in [0.1, 0.15) is 0 Å². The maximum absolute atomic E-state index is 10.6. The van der Waals surface area contributed by atoms with Gasteiger partial charge >= 0.3 is 0 Å². The van der Waals surface area contributed by atoms with Crippen LogP contribution in [-0.2, 0) is 4.79 Å². The quantitative estimate of drug-likeness (QED) is 0.522. The van der Waals surface area contributed by atoms with Crippen molar-refractivity contribution in [3.63, 3.8) is 0 Å². The molecule has 0 aromatic rings. The third-order valence-electron chi connectivity index (χ3n) is 2.01. The number of nitrogens with two attached hydrogens (primary N) is 2. The van der Waals surface area contributed by atoms with Crippen LogP contribution in [0.1, 0.15) is 26.2 Å². The number of hydrogen-bond acceptors (Lipinski definition) is 3. The second kappa shape index (κ2) is 8.01. The lowest BCUT2D eigenvalue weighted by molar-refractivity contribution is -0.119. The van der Waals surface area contributed by atoms with Crippen LogP contribution in [0.2, 0.25) is 0 Å². The second-order valence-electron chi connectivity index (χ2n) is 3.18. The number of amides is 1. The summed E-state index contributed by atoms with van der Waals surface area (Å²) in [6.07, 6.45) is 3.29. The molecular formula is C9H21N3O. The van der Waals surface area contributed by atoms with Gasteiger partial charge in [-0.1, -0.05) is 13.3 Å².